The van der Waals surface area contributed by atoms with Gasteiger partial charge in [-0.2, -0.15) is 26.0 Å². The van der Waals surface area contributed by atoms with E-state index in [1.165, 1.54) is 0 Å². The summed E-state index contributed by atoms with van der Waals surface area (Å²) < 4.78 is 80.3. The monoisotopic (exact) mass is 365 g/mol. The Morgan fingerprint density at radius 2 is 1.43 bits per heavy atom. The van der Waals surface area contributed by atoms with Gasteiger partial charge in [0.2, 0.25) is 0 Å². The number of halogens is 4. The second-order valence-corrected chi connectivity index (χ2v) is 6.55. The predicted molar refractivity (Wildman–Crippen MR) is 83.3 cm³/mol. The molecule has 9 heteroatoms. The highest BCUT2D eigenvalue weighted by atomic mass is 32.2. The van der Waals surface area contributed by atoms with Gasteiger partial charge in [0.15, 0.2) is 0 Å². The number of unbranched alkanes of at least 4 members (excludes halogenated alkanes) is 6. The molecule has 0 aromatic rings. The Labute approximate surface area is 135 Å². The average Bonchev–Trinajstić information content (AvgIpc) is 2.45. The van der Waals surface area contributed by atoms with Crippen LogP contribution in [-0.4, -0.2) is 30.7 Å². The molecule has 0 bridgehead atoms. The lowest BCUT2D eigenvalue weighted by atomic mass is 10.1. The molecule has 140 valence electrons. The van der Waals surface area contributed by atoms with Crippen molar-refractivity contribution < 1.29 is 30.5 Å². The van der Waals surface area contributed by atoms with Gasteiger partial charge < -0.3 is 5.73 Å². The van der Waals surface area contributed by atoms with Crippen molar-refractivity contribution in [2.24, 2.45) is 5.73 Å². The fraction of sp³-hybridized carbons (Fsp3) is 0.857. The standard InChI is InChI=1S/C11H20F4O3S.C3H7N/c1-2-3-4-5-6-7-8-9-10(12,13)11(14,15)19(16,17)18;1-2-3-4/h2-9H2,1H3,(H,16,17,18);2H,1,3-4H2. The van der Waals surface area contributed by atoms with Crippen LogP contribution < -0.4 is 5.73 Å². The van der Waals surface area contributed by atoms with Crippen molar-refractivity contribution in [1.82, 2.24) is 0 Å². The summed E-state index contributed by atoms with van der Waals surface area (Å²) in [7, 11) is -6.10. The van der Waals surface area contributed by atoms with Gasteiger partial charge in [-0.25, -0.2) is 0 Å². The number of nitrogens with two attached hydrogens (primary N) is 1. The van der Waals surface area contributed by atoms with Crippen molar-refractivity contribution >= 4 is 10.1 Å². The Morgan fingerprint density at radius 1 is 1.04 bits per heavy atom. The molecule has 0 saturated heterocycles. The summed E-state index contributed by atoms with van der Waals surface area (Å²) in [4.78, 5) is 0. The lowest BCUT2D eigenvalue weighted by Gasteiger charge is -2.23. The number of hydrogen-bond acceptors (Lipinski definition) is 3. The SMILES string of the molecule is C=CCN.CCCCCCCCCC(F)(F)C(F)(F)S(=O)(=O)O. The summed E-state index contributed by atoms with van der Waals surface area (Å²) in [5.74, 6) is -4.75. The molecule has 4 nitrogen and oxygen atoms in total. The third kappa shape index (κ3) is 9.93. The second kappa shape index (κ2) is 11.8. The highest BCUT2D eigenvalue weighted by Gasteiger charge is 2.64. The van der Waals surface area contributed by atoms with Gasteiger partial charge in [0.25, 0.3) is 0 Å². The van der Waals surface area contributed by atoms with Gasteiger partial charge in [0, 0.05) is 13.0 Å². The van der Waals surface area contributed by atoms with Gasteiger partial charge in [0.1, 0.15) is 0 Å². The molecule has 0 amide bonds. The van der Waals surface area contributed by atoms with Crippen LogP contribution in [-0.2, 0) is 10.1 Å². The maximum absolute atomic E-state index is 13.0. The van der Waals surface area contributed by atoms with Crippen molar-refractivity contribution in [1.29, 1.82) is 0 Å². The minimum Gasteiger partial charge on any atom is -0.327 e. The number of alkyl halides is 4. The minimum absolute atomic E-state index is 0.204. The van der Waals surface area contributed by atoms with E-state index in [9.17, 15) is 26.0 Å². The second-order valence-electron chi connectivity index (χ2n) is 5.09. The average molecular weight is 365 g/mol. The molecule has 3 N–H and O–H groups in total. The molecule has 0 rings (SSSR count). The summed E-state index contributed by atoms with van der Waals surface area (Å²) >= 11 is 0. The van der Waals surface area contributed by atoms with E-state index >= 15 is 0 Å². The van der Waals surface area contributed by atoms with Crippen LogP contribution in [0, 0.1) is 0 Å². The van der Waals surface area contributed by atoms with E-state index in [0.717, 1.165) is 25.7 Å². The van der Waals surface area contributed by atoms with E-state index in [1.54, 1.807) is 6.08 Å². The van der Waals surface area contributed by atoms with Crippen molar-refractivity contribution in [2.75, 3.05) is 6.54 Å². The summed E-state index contributed by atoms with van der Waals surface area (Å²) in [6.45, 7) is 5.96. The van der Waals surface area contributed by atoms with Crippen LogP contribution >= 0.6 is 0 Å². The van der Waals surface area contributed by atoms with Crippen LogP contribution in [0.3, 0.4) is 0 Å². The zero-order chi connectivity index (χ0) is 18.6. The van der Waals surface area contributed by atoms with E-state index in [2.05, 4.69) is 6.58 Å². The van der Waals surface area contributed by atoms with Gasteiger partial charge in [0.05, 0.1) is 0 Å². The van der Waals surface area contributed by atoms with Gasteiger partial charge in [-0.1, -0.05) is 51.5 Å². The highest BCUT2D eigenvalue weighted by Crippen LogP contribution is 2.41. The summed E-state index contributed by atoms with van der Waals surface area (Å²) in [5, 5.41) is -5.43. The molecule has 0 aliphatic rings. The highest BCUT2D eigenvalue weighted by molar-refractivity contribution is 7.87. The van der Waals surface area contributed by atoms with Crippen molar-refractivity contribution in [2.45, 2.75) is 69.5 Å². The zero-order valence-electron chi connectivity index (χ0n) is 13.4. The topological polar surface area (TPSA) is 80.4 Å². The molecule has 0 spiro atoms. The minimum atomic E-state index is -6.10. The molecular formula is C14H27F4NO3S. The first-order chi connectivity index (χ1) is 10.5. The molecule has 0 aromatic carbocycles. The third-order valence-electron chi connectivity index (χ3n) is 3.01. The first-order valence-electron chi connectivity index (χ1n) is 7.51. The molecule has 0 unspecified atom stereocenters. The van der Waals surface area contributed by atoms with Crippen LogP contribution in [0.15, 0.2) is 12.7 Å². The fourth-order valence-electron chi connectivity index (χ4n) is 1.64. The lowest BCUT2D eigenvalue weighted by molar-refractivity contribution is -0.164. The van der Waals surface area contributed by atoms with Crippen LogP contribution in [0.1, 0.15) is 58.3 Å². The van der Waals surface area contributed by atoms with Crippen LogP contribution in [0.25, 0.3) is 0 Å². The first kappa shape index (κ1) is 24.6. The number of rotatable bonds is 11. The van der Waals surface area contributed by atoms with E-state index in [1.807, 2.05) is 6.92 Å². The van der Waals surface area contributed by atoms with Gasteiger partial charge in [-0.05, 0) is 6.42 Å². The molecule has 23 heavy (non-hydrogen) atoms. The van der Waals surface area contributed by atoms with E-state index in [4.69, 9.17) is 10.3 Å². The Morgan fingerprint density at radius 3 is 1.78 bits per heavy atom. The van der Waals surface area contributed by atoms with Gasteiger partial charge >= 0.3 is 21.3 Å². The van der Waals surface area contributed by atoms with Crippen molar-refractivity contribution in [3.63, 3.8) is 0 Å². The summed E-state index contributed by atoms with van der Waals surface area (Å²) in [6, 6.07) is 0. The normalized spacial score (nSPS) is 12.5. The predicted octanol–water partition coefficient (Wildman–Crippen LogP) is 4.37. The van der Waals surface area contributed by atoms with E-state index in [-0.39, 0.29) is 6.42 Å². The Hall–Kier alpha value is -0.670. The zero-order valence-corrected chi connectivity index (χ0v) is 14.2. The molecule has 0 atom stereocenters. The molecule has 0 aliphatic heterocycles. The molecule has 0 heterocycles. The largest absolute Gasteiger partial charge is 0.431 e. The molecule has 0 aromatic heterocycles. The molecule has 0 aliphatic carbocycles. The van der Waals surface area contributed by atoms with E-state index < -0.39 is 27.7 Å². The fourth-order valence-corrected chi connectivity index (χ4v) is 2.12. The Kier molecular flexibility index (Phi) is 12.6. The molecule has 0 fully saturated rings. The van der Waals surface area contributed by atoms with Crippen LogP contribution in [0.2, 0.25) is 0 Å². The Balaban J connectivity index is 0. The number of hydrogen-bond donors (Lipinski definition) is 2. The van der Waals surface area contributed by atoms with Crippen LogP contribution in [0.4, 0.5) is 17.6 Å². The quantitative estimate of drug-likeness (QED) is 0.246. The molecule has 0 radical (unpaired) electrons. The third-order valence-corrected chi connectivity index (χ3v) is 3.96. The maximum Gasteiger partial charge on any atom is 0.431 e. The first-order valence-corrected chi connectivity index (χ1v) is 8.95. The lowest BCUT2D eigenvalue weighted by Crippen LogP contribution is -2.46. The maximum atomic E-state index is 13.0. The summed E-state index contributed by atoms with van der Waals surface area (Å²) in [5.41, 5.74) is 4.91. The summed E-state index contributed by atoms with van der Waals surface area (Å²) in [6.07, 6.45) is 5.06. The van der Waals surface area contributed by atoms with Crippen molar-refractivity contribution in [3.8, 4) is 0 Å². The molecule has 0 saturated carbocycles. The molecular weight excluding hydrogens is 338 g/mol. The van der Waals surface area contributed by atoms with Gasteiger partial charge in [-0.15, -0.1) is 6.58 Å². The van der Waals surface area contributed by atoms with Gasteiger partial charge in [-0.3, -0.25) is 4.55 Å². The Bertz CT molecular complexity index is 414. The van der Waals surface area contributed by atoms with E-state index in [0.29, 0.717) is 19.4 Å². The van der Waals surface area contributed by atoms with Crippen LogP contribution in [0.5, 0.6) is 0 Å². The smallest absolute Gasteiger partial charge is 0.327 e. The van der Waals surface area contributed by atoms with Crippen molar-refractivity contribution in [3.05, 3.63) is 12.7 Å².